The molecular formula is C12H16N4O2. The van der Waals surface area contributed by atoms with Gasteiger partial charge in [0.05, 0.1) is 5.69 Å². The molecule has 96 valence electrons. The number of carbonyl (C=O) groups is 1. The Kier molecular flexibility index (Phi) is 4.60. The Hall–Kier alpha value is -2.16. The maximum atomic E-state index is 10.5. The maximum Gasteiger partial charge on any atom is 0.303 e. The first-order chi connectivity index (χ1) is 8.45. The fourth-order valence-electron chi connectivity index (χ4n) is 1.51. The Balaban J connectivity index is 2.77. The number of hydrogen-bond donors (Lipinski definition) is 2. The van der Waals surface area contributed by atoms with Crippen molar-refractivity contribution >= 4 is 11.8 Å². The van der Waals surface area contributed by atoms with Crippen molar-refractivity contribution in [2.24, 2.45) is 5.92 Å². The zero-order chi connectivity index (χ0) is 13.7. The molecule has 0 saturated carbocycles. The molecule has 6 nitrogen and oxygen atoms in total. The van der Waals surface area contributed by atoms with Crippen LogP contribution < -0.4 is 5.32 Å². The molecule has 0 radical (unpaired) electrons. The minimum absolute atomic E-state index is 0.0440. The van der Waals surface area contributed by atoms with Crippen molar-refractivity contribution in [2.75, 3.05) is 11.9 Å². The van der Waals surface area contributed by atoms with Gasteiger partial charge >= 0.3 is 5.97 Å². The Morgan fingerprint density at radius 3 is 2.72 bits per heavy atom. The number of nitriles is 1. The predicted octanol–water partition coefficient (Wildman–Crippen LogP) is 1.49. The maximum absolute atomic E-state index is 10.5. The van der Waals surface area contributed by atoms with Crippen LogP contribution in [0.1, 0.15) is 30.2 Å². The van der Waals surface area contributed by atoms with E-state index >= 15 is 0 Å². The number of aromatic nitrogens is 2. The second-order valence-corrected chi connectivity index (χ2v) is 4.33. The number of aryl methyl sites for hydroxylation is 1. The van der Waals surface area contributed by atoms with Crippen molar-refractivity contribution in [1.29, 1.82) is 5.26 Å². The molecule has 1 atom stereocenters. The molecule has 18 heavy (non-hydrogen) atoms. The molecule has 6 heteroatoms. The number of aliphatic carboxylic acids is 1. The lowest BCUT2D eigenvalue weighted by atomic mass is 10.1. The summed E-state index contributed by atoms with van der Waals surface area (Å²) >= 11 is 0. The molecule has 0 amide bonds. The van der Waals surface area contributed by atoms with E-state index in [9.17, 15) is 4.79 Å². The predicted molar refractivity (Wildman–Crippen MR) is 66.1 cm³/mol. The molecule has 0 aliphatic heterocycles. The third kappa shape index (κ3) is 3.42. The molecule has 0 bridgehead atoms. The highest BCUT2D eigenvalue weighted by Crippen LogP contribution is 2.17. The minimum Gasteiger partial charge on any atom is -0.481 e. The van der Waals surface area contributed by atoms with Crippen molar-refractivity contribution in [2.45, 2.75) is 27.2 Å². The highest BCUT2D eigenvalue weighted by molar-refractivity contribution is 5.67. The average Bonchev–Trinajstić information content (AvgIpc) is 2.29. The van der Waals surface area contributed by atoms with Crippen LogP contribution in [0.5, 0.6) is 0 Å². The number of carboxylic acids is 1. The molecule has 1 heterocycles. The number of hydrogen-bond acceptors (Lipinski definition) is 5. The molecular weight excluding hydrogens is 232 g/mol. The standard InChI is InChI=1S/C12H16N4O2/c1-7(4-11(17)18)6-14-12-10(5-13)8(2)9(3)15-16-12/h7H,4,6H2,1-3H3,(H,14,16)(H,17,18). The van der Waals surface area contributed by atoms with Gasteiger partial charge in [0.2, 0.25) is 0 Å². The lowest BCUT2D eigenvalue weighted by molar-refractivity contribution is -0.137. The first kappa shape index (κ1) is 13.9. The van der Waals surface area contributed by atoms with E-state index in [-0.39, 0.29) is 12.3 Å². The van der Waals surface area contributed by atoms with E-state index in [1.807, 2.05) is 13.8 Å². The van der Waals surface area contributed by atoms with Crippen LogP contribution in [0.2, 0.25) is 0 Å². The van der Waals surface area contributed by atoms with Crippen LogP contribution in [-0.4, -0.2) is 27.8 Å². The van der Waals surface area contributed by atoms with Gasteiger partial charge in [-0.3, -0.25) is 4.79 Å². The fourth-order valence-corrected chi connectivity index (χ4v) is 1.51. The molecule has 1 unspecified atom stereocenters. The molecule has 1 rings (SSSR count). The fraction of sp³-hybridized carbons (Fsp3) is 0.500. The van der Waals surface area contributed by atoms with Crippen LogP contribution in [-0.2, 0) is 4.79 Å². The highest BCUT2D eigenvalue weighted by Gasteiger charge is 2.12. The summed E-state index contributed by atoms with van der Waals surface area (Å²) in [5, 5.41) is 28.6. The van der Waals surface area contributed by atoms with Crippen LogP contribution in [0, 0.1) is 31.1 Å². The van der Waals surface area contributed by atoms with Crippen molar-refractivity contribution < 1.29 is 9.90 Å². The Bertz CT molecular complexity index is 494. The molecule has 0 aliphatic carbocycles. The van der Waals surface area contributed by atoms with Gasteiger partial charge < -0.3 is 10.4 Å². The molecule has 0 fully saturated rings. The van der Waals surface area contributed by atoms with Crippen LogP contribution in [0.4, 0.5) is 5.82 Å². The molecule has 1 aromatic heterocycles. The lowest BCUT2D eigenvalue weighted by Gasteiger charge is -2.12. The van der Waals surface area contributed by atoms with Gasteiger partial charge in [-0.1, -0.05) is 6.92 Å². The second-order valence-electron chi connectivity index (χ2n) is 4.33. The van der Waals surface area contributed by atoms with Gasteiger partial charge in [-0.05, 0) is 25.3 Å². The molecule has 0 spiro atoms. The van der Waals surface area contributed by atoms with E-state index in [1.165, 1.54) is 0 Å². The average molecular weight is 248 g/mol. The Morgan fingerprint density at radius 2 is 2.17 bits per heavy atom. The highest BCUT2D eigenvalue weighted by atomic mass is 16.4. The quantitative estimate of drug-likeness (QED) is 0.819. The van der Waals surface area contributed by atoms with Crippen LogP contribution in [0.3, 0.4) is 0 Å². The third-order valence-corrected chi connectivity index (χ3v) is 2.71. The van der Waals surface area contributed by atoms with E-state index < -0.39 is 5.97 Å². The second kappa shape index (κ2) is 5.96. The summed E-state index contributed by atoms with van der Waals surface area (Å²) in [7, 11) is 0. The lowest BCUT2D eigenvalue weighted by Crippen LogP contribution is -2.17. The van der Waals surface area contributed by atoms with Gasteiger partial charge in [0.25, 0.3) is 0 Å². The summed E-state index contributed by atoms with van der Waals surface area (Å²) in [6.45, 7) is 5.87. The number of rotatable bonds is 5. The van der Waals surface area contributed by atoms with Crippen LogP contribution in [0.25, 0.3) is 0 Å². The van der Waals surface area contributed by atoms with Gasteiger partial charge in [0.1, 0.15) is 11.6 Å². The summed E-state index contributed by atoms with van der Waals surface area (Å²) in [4.78, 5) is 10.5. The van der Waals surface area contributed by atoms with E-state index in [0.717, 1.165) is 11.3 Å². The summed E-state index contributed by atoms with van der Waals surface area (Å²) in [5.74, 6) is -0.466. The van der Waals surface area contributed by atoms with E-state index in [1.54, 1.807) is 6.92 Å². The smallest absolute Gasteiger partial charge is 0.303 e. The zero-order valence-corrected chi connectivity index (χ0v) is 10.7. The van der Waals surface area contributed by atoms with E-state index in [4.69, 9.17) is 10.4 Å². The summed E-state index contributed by atoms with van der Waals surface area (Å²) in [6, 6.07) is 2.09. The molecule has 2 N–H and O–H groups in total. The number of nitrogens with one attached hydrogen (secondary N) is 1. The van der Waals surface area contributed by atoms with Gasteiger partial charge in [0.15, 0.2) is 5.82 Å². The van der Waals surface area contributed by atoms with Crippen LogP contribution >= 0.6 is 0 Å². The SMILES string of the molecule is Cc1nnc(NCC(C)CC(=O)O)c(C#N)c1C. The third-order valence-electron chi connectivity index (χ3n) is 2.71. The number of carboxylic acid groups (broad SMARTS) is 1. The first-order valence-corrected chi connectivity index (χ1v) is 5.65. The molecule has 0 aliphatic rings. The molecule has 1 aromatic rings. The van der Waals surface area contributed by atoms with Crippen molar-refractivity contribution in [3.05, 3.63) is 16.8 Å². The van der Waals surface area contributed by atoms with Gasteiger partial charge in [-0.25, -0.2) is 0 Å². The largest absolute Gasteiger partial charge is 0.481 e. The normalized spacial score (nSPS) is 11.7. The van der Waals surface area contributed by atoms with Gasteiger partial charge in [-0.2, -0.15) is 10.4 Å². The van der Waals surface area contributed by atoms with Crippen molar-refractivity contribution in [3.8, 4) is 6.07 Å². The first-order valence-electron chi connectivity index (χ1n) is 5.65. The molecule has 0 aromatic carbocycles. The number of anilines is 1. The zero-order valence-electron chi connectivity index (χ0n) is 10.7. The Labute approximate surface area is 106 Å². The minimum atomic E-state index is -0.837. The Morgan fingerprint density at radius 1 is 1.50 bits per heavy atom. The topological polar surface area (TPSA) is 98.9 Å². The van der Waals surface area contributed by atoms with Gasteiger partial charge in [-0.15, -0.1) is 5.10 Å². The van der Waals surface area contributed by atoms with Crippen molar-refractivity contribution in [1.82, 2.24) is 10.2 Å². The summed E-state index contributed by atoms with van der Waals surface area (Å²) < 4.78 is 0. The van der Waals surface area contributed by atoms with Gasteiger partial charge in [0, 0.05) is 13.0 Å². The molecule has 0 saturated heterocycles. The summed E-state index contributed by atoms with van der Waals surface area (Å²) in [6.07, 6.45) is 0.0765. The number of nitrogens with zero attached hydrogens (tertiary/aromatic N) is 3. The summed E-state index contributed by atoms with van der Waals surface area (Å²) in [5.41, 5.74) is 1.97. The van der Waals surface area contributed by atoms with Crippen molar-refractivity contribution in [3.63, 3.8) is 0 Å². The van der Waals surface area contributed by atoms with Crippen LogP contribution in [0.15, 0.2) is 0 Å². The monoisotopic (exact) mass is 248 g/mol. The van der Waals surface area contributed by atoms with E-state index in [0.29, 0.717) is 17.9 Å². The van der Waals surface area contributed by atoms with E-state index in [2.05, 4.69) is 21.6 Å².